The molecular weight excluding hydrogens is 342 g/mol. The van der Waals surface area contributed by atoms with Crippen LogP contribution < -0.4 is 0 Å². The van der Waals surface area contributed by atoms with Crippen LogP contribution in [-0.2, 0) is 13.1 Å². The van der Waals surface area contributed by atoms with Gasteiger partial charge in [0.2, 0.25) is 0 Å². The summed E-state index contributed by atoms with van der Waals surface area (Å²) < 4.78 is 1.02. The standard InChI is InChI=1S/C21H17N3OS/c25-21(18-8-9-19-20(11-18)26-15-23-19)24(13-16-5-2-1-3-6-16)14-17-7-4-10-22-12-17/h1-12,15H,13-14H2. The number of thiazole rings is 1. The van der Waals surface area contributed by atoms with Gasteiger partial charge in [0.1, 0.15) is 0 Å². The van der Waals surface area contributed by atoms with Crippen LogP contribution in [0.25, 0.3) is 10.2 Å². The van der Waals surface area contributed by atoms with Crippen LogP contribution in [0.4, 0.5) is 0 Å². The molecule has 0 bridgehead atoms. The average Bonchev–Trinajstić information content (AvgIpc) is 3.16. The van der Waals surface area contributed by atoms with Gasteiger partial charge in [0.25, 0.3) is 5.91 Å². The second kappa shape index (κ2) is 7.45. The van der Waals surface area contributed by atoms with Crippen molar-refractivity contribution in [2.24, 2.45) is 0 Å². The fourth-order valence-electron chi connectivity index (χ4n) is 2.89. The highest BCUT2D eigenvalue weighted by molar-refractivity contribution is 7.16. The Morgan fingerprint density at radius 2 is 1.77 bits per heavy atom. The highest BCUT2D eigenvalue weighted by atomic mass is 32.1. The Hall–Kier alpha value is -3.05. The zero-order chi connectivity index (χ0) is 17.8. The van der Waals surface area contributed by atoms with Crippen LogP contribution in [0, 0.1) is 0 Å². The van der Waals surface area contributed by atoms with Crippen molar-refractivity contribution >= 4 is 27.5 Å². The van der Waals surface area contributed by atoms with E-state index in [2.05, 4.69) is 9.97 Å². The van der Waals surface area contributed by atoms with Crippen LogP contribution >= 0.6 is 11.3 Å². The first-order chi connectivity index (χ1) is 12.8. The zero-order valence-corrected chi connectivity index (χ0v) is 14.9. The van der Waals surface area contributed by atoms with E-state index in [0.29, 0.717) is 18.7 Å². The van der Waals surface area contributed by atoms with Crippen LogP contribution in [0.15, 0.2) is 78.6 Å². The summed E-state index contributed by atoms with van der Waals surface area (Å²) in [5.41, 5.74) is 5.52. The van der Waals surface area contributed by atoms with Gasteiger partial charge >= 0.3 is 0 Å². The van der Waals surface area contributed by atoms with Gasteiger partial charge in [-0.3, -0.25) is 9.78 Å². The minimum absolute atomic E-state index is 0.00741. The molecule has 0 N–H and O–H groups in total. The summed E-state index contributed by atoms with van der Waals surface area (Å²) in [6.45, 7) is 1.07. The molecule has 2 aromatic carbocycles. The summed E-state index contributed by atoms with van der Waals surface area (Å²) in [5, 5.41) is 0. The molecule has 5 heteroatoms. The lowest BCUT2D eigenvalue weighted by Gasteiger charge is -2.23. The van der Waals surface area contributed by atoms with E-state index in [1.165, 1.54) is 0 Å². The molecule has 4 aromatic rings. The van der Waals surface area contributed by atoms with Crippen LogP contribution in [0.2, 0.25) is 0 Å². The van der Waals surface area contributed by atoms with E-state index in [-0.39, 0.29) is 5.91 Å². The lowest BCUT2D eigenvalue weighted by molar-refractivity contribution is 0.0730. The third-order valence-electron chi connectivity index (χ3n) is 4.18. The molecule has 0 unspecified atom stereocenters. The monoisotopic (exact) mass is 359 g/mol. The first kappa shape index (κ1) is 16.4. The lowest BCUT2D eigenvalue weighted by atomic mass is 10.1. The van der Waals surface area contributed by atoms with Gasteiger partial charge in [-0.05, 0) is 35.4 Å². The van der Waals surface area contributed by atoms with Crippen molar-refractivity contribution in [2.75, 3.05) is 0 Å². The molecule has 0 aliphatic carbocycles. The first-order valence-corrected chi connectivity index (χ1v) is 9.23. The summed E-state index contributed by atoms with van der Waals surface area (Å²) in [4.78, 5) is 23.5. The predicted octanol–water partition coefficient (Wildman–Crippen LogP) is 4.53. The Morgan fingerprint density at radius 3 is 2.58 bits per heavy atom. The van der Waals surface area contributed by atoms with Crippen molar-refractivity contribution in [3.05, 3.63) is 95.3 Å². The Labute approximate surface area is 155 Å². The number of fused-ring (bicyclic) bond motifs is 1. The van der Waals surface area contributed by atoms with Crippen molar-refractivity contribution in [3.63, 3.8) is 0 Å². The largest absolute Gasteiger partial charge is 0.330 e. The molecule has 0 fully saturated rings. The maximum atomic E-state index is 13.2. The number of hydrogen-bond acceptors (Lipinski definition) is 4. The molecule has 0 saturated carbocycles. The molecule has 0 aliphatic rings. The number of aromatic nitrogens is 2. The van der Waals surface area contributed by atoms with Crippen molar-refractivity contribution in [3.8, 4) is 0 Å². The summed E-state index contributed by atoms with van der Waals surface area (Å²) in [5.74, 6) is 0.00741. The van der Waals surface area contributed by atoms with Gasteiger partial charge in [0, 0.05) is 31.0 Å². The van der Waals surface area contributed by atoms with Gasteiger partial charge in [-0.1, -0.05) is 36.4 Å². The molecule has 0 saturated heterocycles. The molecule has 0 spiro atoms. The van der Waals surface area contributed by atoms with Gasteiger partial charge in [0.15, 0.2) is 0 Å². The van der Waals surface area contributed by atoms with Gasteiger partial charge in [0.05, 0.1) is 15.7 Å². The second-order valence-electron chi connectivity index (χ2n) is 6.04. The molecule has 2 heterocycles. The smallest absolute Gasteiger partial charge is 0.254 e. The van der Waals surface area contributed by atoms with Crippen LogP contribution in [-0.4, -0.2) is 20.8 Å². The fourth-order valence-corrected chi connectivity index (χ4v) is 3.60. The summed E-state index contributed by atoms with van der Waals surface area (Å²) >= 11 is 1.55. The van der Waals surface area contributed by atoms with Crippen molar-refractivity contribution in [1.29, 1.82) is 0 Å². The van der Waals surface area contributed by atoms with E-state index in [9.17, 15) is 4.79 Å². The van der Waals surface area contributed by atoms with Crippen molar-refractivity contribution in [1.82, 2.24) is 14.9 Å². The van der Waals surface area contributed by atoms with Crippen molar-refractivity contribution < 1.29 is 4.79 Å². The number of carbonyl (C=O) groups excluding carboxylic acids is 1. The molecule has 0 aliphatic heterocycles. The number of amides is 1. The van der Waals surface area contributed by atoms with Crippen LogP contribution in [0.1, 0.15) is 21.5 Å². The summed E-state index contributed by atoms with van der Waals surface area (Å²) in [7, 11) is 0. The molecular formula is C21H17N3OS. The number of rotatable bonds is 5. The van der Waals surface area contributed by atoms with Crippen molar-refractivity contribution in [2.45, 2.75) is 13.1 Å². The quantitative estimate of drug-likeness (QED) is 0.526. The number of benzene rings is 2. The van der Waals surface area contributed by atoms with E-state index in [0.717, 1.165) is 21.3 Å². The van der Waals surface area contributed by atoms with Crippen LogP contribution in [0.5, 0.6) is 0 Å². The van der Waals surface area contributed by atoms with E-state index < -0.39 is 0 Å². The Kier molecular flexibility index (Phi) is 4.71. The molecule has 1 amide bonds. The Morgan fingerprint density at radius 1 is 0.962 bits per heavy atom. The normalized spacial score (nSPS) is 10.8. The third kappa shape index (κ3) is 3.63. The van der Waals surface area contributed by atoms with Crippen LogP contribution in [0.3, 0.4) is 0 Å². The first-order valence-electron chi connectivity index (χ1n) is 8.35. The molecule has 2 aromatic heterocycles. The highest BCUT2D eigenvalue weighted by Crippen LogP contribution is 2.21. The average molecular weight is 359 g/mol. The molecule has 4 rings (SSSR count). The zero-order valence-electron chi connectivity index (χ0n) is 14.1. The molecule has 4 nitrogen and oxygen atoms in total. The molecule has 128 valence electrons. The number of nitrogens with zero attached hydrogens (tertiary/aromatic N) is 3. The fraction of sp³-hybridized carbons (Fsp3) is 0.0952. The lowest BCUT2D eigenvalue weighted by Crippen LogP contribution is -2.30. The van der Waals surface area contributed by atoms with E-state index in [1.54, 1.807) is 29.2 Å². The molecule has 0 atom stereocenters. The maximum Gasteiger partial charge on any atom is 0.254 e. The van der Waals surface area contributed by atoms with Gasteiger partial charge in [-0.25, -0.2) is 4.98 Å². The SMILES string of the molecule is O=C(c1ccc2ncsc2c1)N(Cc1ccccc1)Cc1cccnc1. The minimum Gasteiger partial charge on any atom is -0.330 e. The minimum atomic E-state index is 0.00741. The molecule has 0 radical (unpaired) electrons. The number of carbonyl (C=O) groups is 1. The number of pyridine rings is 1. The Balaban J connectivity index is 1.65. The Bertz CT molecular complexity index is 974. The topological polar surface area (TPSA) is 46.1 Å². The second-order valence-corrected chi connectivity index (χ2v) is 6.93. The molecule has 26 heavy (non-hydrogen) atoms. The van der Waals surface area contributed by atoms with Gasteiger partial charge < -0.3 is 4.90 Å². The number of hydrogen-bond donors (Lipinski definition) is 0. The van der Waals surface area contributed by atoms with E-state index in [4.69, 9.17) is 0 Å². The summed E-state index contributed by atoms with van der Waals surface area (Å²) in [6, 6.07) is 19.6. The maximum absolute atomic E-state index is 13.2. The highest BCUT2D eigenvalue weighted by Gasteiger charge is 2.17. The summed E-state index contributed by atoms with van der Waals surface area (Å²) in [6.07, 6.45) is 3.54. The predicted molar refractivity (Wildman–Crippen MR) is 104 cm³/mol. The third-order valence-corrected chi connectivity index (χ3v) is 4.97. The van der Waals surface area contributed by atoms with Gasteiger partial charge in [-0.2, -0.15) is 0 Å². The van der Waals surface area contributed by atoms with Gasteiger partial charge in [-0.15, -0.1) is 11.3 Å². The van der Waals surface area contributed by atoms with E-state index in [1.807, 2.05) is 65.6 Å². The van der Waals surface area contributed by atoms with E-state index >= 15 is 0 Å².